The van der Waals surface area contributed by atoms with Crippen LogP contribution in [0.25, 0.3) is 0 Å². The van der Waals surface area contributed by atoms with Gasteiger partial charge in [0.05, 0.1) is 5.56 Å². The standard InChI is InChI=1S/C13H14O2/c14-13(15)12-8-4-3-7-11(12)9-10-5-1-2-6-10/h1-4,7-8,10H,5-6,9H2,(H,14,15). The van der Waals surface area contributed by atoms with Gasteiger partial charge in [0, 0.05) is 0 Å². The maximum Gasteiger partial charge on any atom is 0.335 e. The van der Waals surface area contributed by atoms with Gasteiger partial charge in [-0.2, -0.15) is 0 Å². The number of allylic oxidation sites excluding steroid dienone is 2. The van der Waals surface area contributed by atoms with Gasteiger partial charge in [0.2, 0.25) is 0 Å². The molecule has 0 atom stereocenters. The van der Waals surface area contributed by atoms with E-state index >= 15 is 0 Å². The summed E-state index contributed by atoms with van der Waals surface area (Å²) in [5, 5.41) is 9.02. The number of carbonyl (C=O) groups is 1. The minimum Gasteiger partial charge on any atom is -0.478 e. The number of rotatable bonds is 3. The van der Waals surface area contributed by atoms with Crippen molar-refractivity contribution in [3.8, 4) is 0 Å². The van der Waals surface area contributed by atoms with Crippen molar-refractivity contribution in [3.63, 3.8) is 0 Å². The average Bonchev–Trinajstić information content (AvgIpc) is 2.71. The molecule has 2 nitrogen and oxygen atoms in total. The number of aromatic carboxylic acids is 1. The highest BCUT2D eigenvalue weighted by molar-refractivity contribution is 5.89. The van der Waals surface area contributed by atoms with E-state index in [1.165, 1.54) is 0 Å². The summed E-state index contributed by atoms with van der Waals surface area (Å²) in [5.74, 6) is -0.234. The molecule has 0 saturated heterocycles. The summed E-state index contributed by atoms with van der Waals surface area (Å²) in [7, 11) is 0. The van der Waals surface area contributed by atoms with Crippen molar-refractivity contribution in [1.82, 2.24) is 0 Å². The summed E-state index contributed by atoms with van der Waals surface area (Å²) in [6.07, 6.45) is 7.37. The van der Waals surface area contributed by atoms with Crippen LogP contribution in [0.5, 0.6) is 0 Å². The molecule has 1 aliphatic carbocycles. The molecule has 0 amide bonds. The van der Waals surface area contributed by atoms with Crippen LogP contribution in [0, 0.1) is 5.92 Å². The van der Waals surface area contributed by atoms with Crippen molar-refractivity contribution in [2.24, 2.45) is 5.92 Å². The largest absolute Gasteiger partial charge is 0.478 e. The van der Waals surface area contributed by atoms with Crippen molar-refractivity contribution in [3.05, 3.63) is 47.5 Å². The number of carboxylic acids is 1. The van der Waals surface area contributed by atoms with Crippen LogP contribution in [-0.4, -0.2) is 11.1 Å². The predicted octanol–water partition coefficient (Wildman–Crippen LogP) is 2.89. The number of hydrogen-bond donors (Lipinski definition) is 1. The van der Waals surface area contributed by atoms with Crippen molar-refractivity contribution < 1.29 is 9.90 Å². The number of benzene rings is 1. The molecule has 0 unspecified atom stereocenters. The molecule has 0 aromatic heterocycles. The molecule has 0 saturated carbocycles. The van der Waals surface area contributed by atoms with Gasteiger partial charge in [0.25, 0.3) is 0 Å². The first-order chi connectivity index (χ1) is 7.27. The van der Waals surface area contributed by atoms with E-state index in [0.717, 1.165) is 24.8 Å². The third-order valence-electron chi connectivity index (χ3n) is 2.86. The van der Waals surface area contributed by atoms with Gasteiger partial charge in [0.15, 0.2) is 0 Å². The Morgan fingerprint density at radius 2 is 1.93 bits per heavy atom. The van der Waals surface area contributed by atoms with Gasteiger partial charge < -0.3 is 5.11 Å². The van der Waals surface area contributed by atoms with E-state index in [-0.39, 0.29) is 0 Å². The van der Waals surface area contributed by atoms with Crippen molar-refractivity contribution in [2.45, 2.75) is 19.3 Å². The van der Waals surface area contributed by atoms with Gasteiger partial charge in [0.1, 0.15) is 0 Å². The van der Waals surface area contributed by atoms with Gasteiger partial charge in [-0.1, -0.05) is 30.4 Å². The molecule has 0 fully saturated rings. The second-order valence-corrected chi connectivity index (χ2v) is 3.98. The highest BCUT2D eigenvalue weighted by atomic mass is 16.4. The van der Waals surface area contributed by atoms with Gasteiger partial charge in [-0.25, -0.2) is 4.79 Å². The summed E-state index contributed by atoms with van der Waals surface area (Å²) in [6, 6.07) is 7.28. The minimum atomic E-state index is -0.823. The first-order valence-electron chi connectivity index (χ1n) is 5.23. The molecule has 15 heavy (non-hydrogen) atoms. The Balaban J connectivity index is 2.16. The van der Waals surface area contributed by atoms with E-state index in [0.29, 0.717) is 11.5 Å². The van der Waals surface area contributed by atoms with Crippen LogP contribution in [0.2, 0.25) is 0 Å². The summed E-state index contributed by atoms with van der Waals surface area (Å²) < 4.78 is 0. The van der Waals surface area contributed by atoms with Crippen molar-refractivity contribution in [2.75, 3.05) is 0 Å². The number of hydrogen-bond acceptors (Lipinski definition) is 1. The Kier molecular flexibility index (Phi) is 2.86. The van der Waals surface area contributed by atoms with Crippen LogP contribution in [0.3, 0.4) is 0 Å². The fraction of sp³-hybridized carbons (Fsp3) is 0.308. The first-order valence-corrected chi connectivity index (χ1v) is 5.23. The van der Waals surface area contributed by atoms with Crippen LogP contribution >= 0.6 is 0 Å². The quantitative estimate of drug-likeness (QED) is 0.765. The third kappa shape index (κ3) is 2.27. The van der Waals surface area contributed by atoms with E-state index in [2.05, 4.69) is 12.2 Å². The minimum absolute atomic E-state index is 0.449. The molecular weight excluding hydrogens is 188 g/mol. The zero-order valence-corrected chi connectivity index (χ0v) is 8.52. The first kappa shape index (κ1) is 9.97. The topological polar surface area (TPSA) is 37.3 Å². The molecule has 1 aliphatic rings. The summed E-state index contributed by atoms with van der Waals surface area (Å²) >= 11 is 0. The molecular formula is C13H14O2. The van der Waals surface area contributed by atoms with Crippen molar-refractivity contribution >= 4 is 5.97 Å². The molecule has 0 bridgehead atoms. The fourth-order valence-corrected chi connectivity index (χ4v) is 2.06. The van der Waals surface area contributed by atoms with E-state index in [4.69, 9.17) is 5.11 Å². The maximum absolute atomic E-state index is 11.0. The van der Waals surface area contributed by atoms with Crippen LogP contribution < -0.4 is 0 Å². The van der Waals surface area contributed by atoms with Gasteiger partial charge >= 0.3 is 5.97 Å². The molecule has 1 aromatic rings. The molecule has 0 aliphatic heterocycles. The lowest BCUT2D eigenvalue weighted by molar-refractivity contribution is 0.0695. The molecule has 0 heterocycles. The normalized spacial score (nSPS) is 15.7. The SMILES string of the molecule is O=C(O)c1ccccc1CC1CC=CC1. The second kappa shape index (κ2) is 4.30. The fourth-order valence-electron chi connectivity index (χ4n) is 2.06. The highest BCUT2D eigenvalue weighted by Crippen LogP contribution is 2.24. The monoisotopic (exact) mass is 202 g/mol. The zero-order chi connectivity index (χ0) is 10.7. The van der Waals surface area contributed by atoms with E-state index in [1.807, 2.05) is 12.1 Å². The smallest absolute Gasteiger partial charge is 0.335 e. The Labute approximate surface area is 89.2 Å². The zero-order valence-electron chi connectivity index (χ0n) is 8.52. The van der Waals surface area contributed by atoms with Crippen LogP contribution in [0.4, 0.5) is 0 Å². The highest BCUT2D eigenvalue weighted by Gasteiger charge is 2.15. The molecule has 1 aromatic carbocycles. The average molecular weight is 202 g/mol. The van der Waals surface area contributed by atoms with E-state index in [9.17, 15) is 4.79 Å². The lowest BCUT2D eigenvalue weighted by Gasteiger charge is -2.11. The molecule has 1 N–H and O–H groups in total. The van der Waals surface area contributed by atoms with Crippen molar-refractivity contribution in [1.29, 1.82) is 0 Å². The van der Waals surface area contributed by atoms with Crippen LogP contribution in [-0.2, 0) is 6.42 Å². The van der Waals surface area contributed by atoms with E-state index < -0.39 is 5.97 Å². The summed E-state index contributed by atoms with van der Waals surface area (Å²) in [6.45, 7) is 0. The lowest BCUT2D eigenvalue weighted by atomic mass is 9.94. The second-order valence-electron chi connectivity index (χ2n) is 3.98. The molecule has 0 radical (unpaired) electrons. The van der Waals surface area contributed by atoms with Gasteiger partial charge in [-0.15, -0.1) is 0 Å². The third-order valence-corrected chi connectivity index (χ3v) is 2.86. The van der Waals surface area contributed by atoms with Crippen LogP contribution in [0.15, 0.2) is 36.4 Å². The Morgan fingerprint density at radius 1 is 1.27 bits per heavy atom. The Morgan fingerprint density at radius 3 is 2.60 bits per heavy atom. The van der Waals surface area contributed by atoms with Crippen LogP contribution in [0.1, 0.15) is 28.8 Å². The van der Waals surface area contributed by atoms with Gasteiger partial charge in [-0.3, -0.25) is 0 Å². The summed E-state index contributed by atoms with van der Waals surface area (Å²) in [5.41, 5.74) is 1.41. The van der Waals surface area contributed by atoms with E-state index in [1.54, 1.807) is 12.1 Å². The summed E-state index contributed by atoms with van der Waals surface area (Å²) in [4.78, 5) is 11.0. The molecule has 78 valence electrons. The molecule has 2 heteroatoms. The Bertz CT molecular complexity index is 385. The predicted molar refractivity (Wildman–Crippen MR) is 59.0 cm³/mol. The molecule has 2 rings (SSSR count). The lowest BCUT2D eigenvalue weighted by Crippen LogP contribution is -2.06. The van der Waals surface area contributed by atoms with Gasteiger partial charge in [-0.05, 0) is 36.8 Å². The maximum atomic E-state index is 11.0. The molecule has 0 spiro atoms. The Hall–Kier alpha value is -1.57. The number of carboxylic acid groups (broad SMARTS) is 1.